The maximum Gasteiger partial charge on any atom is 0.339 e. The Morgan fingerprint density at radius 3 is 2.60 bits per heavy atom. The molecular formula is C9H14O5S. The lowest BCUT2D eigenvalue weighted by Gasteiger charge is -2.22. The minimum absolute atomic E-state index is 0.00360. The minimum Gasteiger partial charge on any atom is -0.460 e. The van der Waals surface area contributed by atoms with Gasteiger partial charge in [0.1, 0.15) is 12.7 Å². The molecule has 2 fully saturated rings. The van der Waals surface area contributed by atoms with Crippen LogP contribution in [0, 0.1) is 0 Å². The van der Waals surface area contributed by atoms with E-state index in [1.165, 1.54) is 6.42 Å². The summed E-state index contributed by atoms with van der Waals surface area (Å²) < 4.78 is 25.3. The number of carbonyl (C=O) groups excluding carboxylic acids is 1. The molecule has 2 atom stereocenters. The van der Waals surface area contributed by atoms with E-state index < -0.39 is 23.4 Å². The van der Waals surface area contributed by atoms with Gasteiger partial charge >= 0.3 is 17.3 Å². The second kappa shape index (κ2) is 5.05. The maximum atomic E-state index is 11.5. The van der Waals surface area contributed by atoms with E-state index in [0.717, 1.165) is 25.7 Å². The normalized spacial score (nSPS) is 32.8. The molecule has 6 heteroatoms. The van der Waals surface area contributed by atoms with Crippen molar-refractivity contribution >= 4 is 17.3 Å². The fourth-order valence-corrected chi connectivity index (χ4v) is 2.41. The van der Waals surface area contributed by atoms with Crippen LogP contribution in [0.2, 0.25) is 0 Å². The molecule has 86 valence electrons. The lowest BCUT2D eigenvalue weighted by Crippen LogP contribution is -2.30. The Morgan fingerprint density at radius 1 is 1.27 bits per heavy atom. The van der Waals surface area contributed by atoms with Crippen molar-refractivity contribution in [2.24, 2.45) is 0 Å². The summed E-state index contributed by atoms with van der Waals surface area (Å²) >= 11 is -1.78. The molecule has 0 bridgehead atoms. The highest BCUT2D eigenvalue weighted by molar-refractivity contribution is 7.75. The number of hydrogen-bond donors (Lipinski definition) is 0. The van der Waals surface area contributed by atoms with Crippen molar-refractivity contribution < 1.29 is 22.1 Å². The van der Waals surface area contributed by atoms with Gasteiger partial charge in [-0.15, -0.1) is 0 Å². The van der Waals surface area contributed by atoms with E-state index in [-0.39, 0.29) is 12.7 Å². The van der Waals surface area contributed by atoms with Crippen molar-refractivity contribution in [1.82, 2.24) is 0 Å². The van der Waals surface area contributed by atoms with Crippen LogP contribution in [0.3, 0.4) is 0 Å². The number of hydrogen-bond acceptors (Lipinski definition) is 5. The predicted molar refractivity (Wildman–Crippen MR) is 51.9 cm³/mol. The standard InChI is InChI=1S/C9H14O5S/c10-9(8-6-12-15(11)14-8)13-7-4-2-1-3-5-7/h7-8H,1-6H2. The van der Waals surface area contributed by atoms with E-state index in [0.29, 0.717) is 0 Å². The Labute approximate surface area is 90.9 Å². The summed E-state index contributed by atoms with van der Waals surface area (Å²) in [6, 6.07) is 0. The molecule has 0 N–H and O–H groups in total. The van der Waals surface area contributed by atoms with E-state index >= 15 is 0 Å². The molecular weight excluding hydrogens is 220 g/mol. The maximum absolute atomic E-state index is 11.5. The van der Waals surface area contributed by atoms with Crippen molar-refractivity contribution in [3.8, 4) is 0 Å². The van der Waals surface area contributed by atoms with Gasteiger partial charge in [-0.2, -0.15) is 4.21 Å². The average molecular weight is 234 g/mol. The molecule has 0 aromatic rings. The summed E-state index contributed by atoms with van der Waals surface area (Å²) in [5.74, 6) is -0.451. The van der Waals surface area contributed by atoms with Crippen LogP contribution in [0.15, 0.2) is 0 Å². The second-order valence-corrected chi connectivity index (χ2v) is 4.61. The number of rotatable bonds is 2. The molecule has 0 spiro atoms. The van der Waals surface area contributed by atoms with Crippen molar-refractivity contribution in [3.05, 3.63) is 0 Å². The van der Waals surface area contributed by atoms with Crippen molar-refractivity contribution in [2.45, 2.75) is 44.3 Å². The van der Waals surface area contributed by atoms with Crippen LogP contribution in [0.5, 0.6) is 0 Å². The van der Waals surface area contributed by atoms with Crippen LogP contribution in [0.25, 0.3) is 0 Å². The number of carbonyl (C=O) groups is 1. The zero-order valence-electron chi connectivity index (χ0n) is 8.35. The summed E-state index contributed by atoms with van der Waals surface area (Å²) in [7, 11) is 0. The molecule has 2 unspecified atom stereocenters. The summed E-state index contributed by atoms with van der Waals surface area (Å²) in [5.41, 5.74) is 0. The van der Waals surface area contributed by atoms with Gasteiger partial charge < -0.3 is 4.74 Å². The van der Waals surface area contributed by atoms with Gasteiger partial charge in [0, 0.05) is 0 Å². The van der Waals surface area contributed by atoms with Gasteiger partial charge in [0.15, 0.2) is 6.10 Å². The zero-order chi connectivity index (χ0) is 10.7. The molecule has 1 saturated heterocycles. The molecule has 1 heterocycles. The third-order valence-electron chi connectivity index (χ3n) is 2.61. The van der Waals surface area contributed by atoms with E-state index in [1.54, 1.807) is 0 Å². The third-order valence-corrected chi connectivity index (χ3v) is 3.33. The van der Waals surface area contributed by atoms with Gasteiger partial charge in [-0.05, 0) is 25.7 Å². The monoisotopic (exact) mass is 234 g/mol. The van der Waals surface area contributed by atoms with Gasteiger partial charge in [0.2, 0.25) is 0 Å². The van der Waals surface area contributed by atoms with E-state index in [1.807, 2.05) is 0 Å². The van der Waals surface area contributed by atoms with Gasteiger partial charge in [0.25, 0.3) is 0 Å². The zero-order valence-corrected chi connectivity index (χ0v) is 9.16. The van der Waals surface area contributed by atoms with E-state index in [9.17, 15) is 9.00 Å². The fourth-order valence-electron chi connectivity index (χ4n) is 1.80. The highest BCUT2D eigenvalue weighted by Crippen LogP contribution is 2.21. The molecule has 15 heavy (non-hydrogen) atoms. The number of esters is 1. The lowest BCUT2D eigenvalue weighted by atomic mass is 9.98. The quantitative estimate of drug-likeness (QED) is 0.663. The summed E-state index contributed by atoms with van der Waals surface area (Å²) in [6.07, 6.45) is 4.45. The van der Waals surface area contributed by atoms with E-state index in [4.69, 9.17) is 8.92 Å². The molecule has 2 rings (SSSR count). The van der Waals surface area contributed by atoms with Crippen LogP contribution >= 0.6 is 0 Å². The van der Waals surface area contributed by atoms with Gasteiger partial charge in [-0.3, -0.25) is 8.37 Å². The molecule has 0 aromatic carbocycles. The first kappa shape index (κ1) is 11.0. The topological polar surface area (TPSA) is 61.8 Å². The first-order chi connectivity index (χ1) is 7.25. The van der Waals surface area contributed by atoms with Crippen LogP contribution in [0.1, 0.15) is 32.1 Å². The minimum atomic E-state index is -1.78. The Kier molecular flexibility index (Phi) is 3.71. The second-order valence-electron chi connectivity index (χ2n) is 3.77. The molecule has 5 nitrogen and oxygen atoms in total. The summed E-state index contributed by atoms with van der Waals surface area (Å²) in [5, 5.41) is 0. The summed E-state index contributed by atoms with van der Waals surface area (Å²) in [4.78, 5) is 11.5. The third kappa shape index (κ3) is 2.99. The van der Waals surface area contributed by atoms with Crippen LogP contribution in [0.4, 0.5) is 0 Å². The molecule has 1 aliphatic carbocycles. The lowest BCUT2D eigenvalue weighted by molar-refractivity contribution is -0.158. The van der Waals surface area contributed by atoms with E-state index in [2.05, 4.69) is 4.18 Å². The van der Waals surface area contributed by atoms with Gasteiger partial charge in [-0.25, -0.2) is 4.79 Å². The Hall–Kier alpha value is -0.460. The van der Waals surface area contributed by atoms with Crippen LogP contribution < -0.4 is 0 Å². The molecule has 2 aliphatic rings. The van der Waals surface area contributed by atoms with Crippen LogP contribution in [-0.4, -0.2) is 29.0 Å². The largest absolute Gasteiger partial charge is 0.460 e. The van der Waals surface area contributed by atoms with Crippen molar-refractivity contribution in [2.75, 3.05) is 6.61 Å². The molecule has 0 radical (unpaired) electrons. The predicted octanol–water partition coefficient (Wildman–Crippen LogP) is 0.856. The highest BCUT2D eigenvalue weighted by atomic mass is 32.2. The van der Waals surface area contributed by atoms with Crippen molar-refractivity contribution in [1.29, 1.82) is 0 Å². The molecule has 1 saturated carbocycles. The van der Waals surface area contributed by atoms with Gasteiger partial charge in [0.05, 0.1) is 0 Å². The molecule has 0 aromatic heterocycles. The smallest absolute Gasteiger partial charge is 0.339 e. The average Bonchev–Trinajstić information content (AvgIpc) is 2.66. The van der Waals surface area contributed by atoms with Crippen LogP contribution in [-0.2, 0) is 29.3 Å². The first-order valence-corrected chi connectivity index (χ1v) is 6.18. The first-order valence-electron chi connectivity index (χ1n) is 5.18. The Balaban J connectivity index is 1.78. The highest BCUT2D eigenvalue weighted by Gasteiger charge is 2.33. The number of ether oxygens (including phenoxy) is 1. The molecule has 0 amide bonds. The fraction of sp³-hybridized carbons (Fsp3) is 0.889. The van der Waals surface area contributed by atoms with Gasteiger partial charge in [-0.1, -0.05) is 6.42 Å². The molecule has 1 aliphatic heterocycles. The Morgan fingerprint density at radius 2 is 2.00 bits per heavy atom. The SMILES string of the molecule is O=C(OC1CCCCC1)C1COS(=O)O1. The summed E-state index contributed by atoms with van der Waals surface area (Å²) in [6.45, 7) is 0.0260. The van der Waals surface area contributed by atoms with Crippen molar-refractivity contribution in [3.63, 3.8) is 0 Å². The Bertz CT molecular complexity index is 261.